The molecule has 1 aromatic carbocycles. The number of aromatic nitrogens is 4. The van der Waals surface area contributed by atoms with Gasteiger partial charge in [-0.3, -0.25) is 14.5 Å². The number of pyridine rings is 1. The third kappa shape index (κ3) is 5.63. The normalized spacial score (nSPS) is 13.2. The molecule has 1 fully saturated rings. The van der Waals surface area contributed by atoms with E-state index in [1.54, 1.807) is 0 Å². The molecule has 0 radical (unpaired) electrons. The molecular weight excluding hydrogens is 521 g/mol. The zero-order valence-electron chi connectivity index (χ0n) is 19.9. The largest absolute Gasteiger partial charge is 0.465 e. The van der Waals surface area contributed by atoms with Gasteiger partial charge in [0.25, 0.3) is 5.91 Å². The predicted octanol–water partition coefficient (Wildman–Crippen LogP) is 4.90. The maximum atomic E-state index is 13.7. The van der Waals surface area contributed by atoms with Crippen molar-refractivity contribution in [2.24, 2.45) is 5.92 Å². The van der Waals surface area contributed by atoms with E-state index in [2.05, 4.69) is 20.4 Å². The van der Waals surface area contributed by atoms with E-state index in [4.69, 9.17) is 4.42 Å². The SMILES string of the molecule is O=Cc1ccc(-n2cc(NC(=O)c3coc(-c4ccnc(N(CC5CC5)C(=O)O)c4)n3)c(C(F)(F)F)n2)cc1. The Labute approximate surface area is 217 Å². The lowest BCUT2D eigenvalue weighted by molar-refractivity contribution is -0.140. The second-order valence-corrected chi connectivity index (χ2v) is 8.77. The van der Waals surface area contributed by atoms with Gasteiger partial charge < -0.3 is 14.8 Å². The standard InChI is InChI=1S/C25H19F3N6O5/c26-25(27,28)21-18(11-34(32-21)17-5-3-15(12-35)4-6-17)30-22(36)19-13-39-23(31-19)16-7-8-29-20(9-16)33(24(37)38)10-14-1-2-14/h3-9,11-14H,1-2,10H2,(H,30,36)(H,37,38). The second-order valence-electron chi connectivity index (χ2n) is 8.77. The Kier molecular flexibility index (Phi) is 6.60. The summed E-state index contributed by atoms with van der Waals surface area (Å²) in [5.41, 5.74) is -1.36. The highest BCUT2D eigenvalue weighted by Crippen LogP contribution is 2.35. The Balaban J connectivity index is 1.38. The molecule has 3 aromatic heterocycles. The number of alkyl halides is 3. The van der Waals surface area contributed by atoms with Gasteiger partial charge in [0.1, 0.15) is 18.4 Å². The summed E-state index contributed by atoms with van der Waals surface area (Å²) in [6, 6.07) is 8.58. The van der Waals surface area contributed by atoms with E-state index in [-0.39, 0.29) is 29.0 Å². The number of carbonyl (C=O) groups excluding carboxylic acids is 2. The van der Waals surface area contributed by atoms with E-state index in [0.717, 1.165) is 34.9 Å². The fourth-order valence-corrected chi connectivity index (χ4v) is 3.74. The summed E-state index contributed by atoms with van der Waals surface area (Å²) in [5.74, 6) is -0.617. The molecular formula is C25H19F3N6O5. The lowest BCUT2D eigenvalue weighted by Gasteiger charge is -2.18. The van der Waals surface area contributed by atoms with Crippen molar-refractivity contribution in [1.82, 2.24) is 19.7 Å². The van der Waals surface area contributed by atoms with Crippen LogP contribution in [0.3, 0.4) is 0 Å². The summed E-state index contributed by atoms with van der Waals surface area (Å²) < 4.78 is 47.3. The number of nitrogens with one attached hydrogen (secondary N) is 1. The van der Waals surface area contributed by atoms with Crippen LogP contribution in [0.25, 0.3) is 17.1 Å². The minimum absolute atomic E-state index is 0.0532. The summed E-state index contributed by atoms with van der Waals surface area (Å²) >= 11 is 0. The average molecular weight is 540 g/mol. The van der Waals surface area contributed by atoms with Crippen molar-refractivity contribution in [3.8, 4) is 17.1 Å². The lowest BCUT2D eigenvalue weighted by Crippen LogP contribution is -2.32. The zero-order chi connectivity index (χ0) is 27.7. The number of aldehydes is 1. The number of anilines is 2. The van der Waals surface area contributed by atoms with Gasteiger partial charge in [0.15, 0.2) is 11.4 Å². The van der Waals surface area contributed by atoms with Crippen molar-refractivity contribution < 1.29 is 37.1 Å². The molecule has 5 rings (SSSR count). The molecule has 0 unspecified atom stereocenters. The maximum absolute atomic E-state index is 13.7. The molecule has 0 aliphatic heterocycles. The van der Waals surface area contributed by atoms with Gasteiger partial charge in [-0.05, 0) is 55.2 Å². The van der Waals surface area contributed by atoms with Crippen LogP contribution in [0, 0.1) is 5.92 Å². The van der Waals surface area contributed by atoms with Crippen LogP contribution in [0.5, 0.6) is 0 Å². The van der Waals surface area contributed by atoms with E-state index < -0.39 is 29.6 Å². The molecule has 1 aliphatic rings. The van der Waals surface area contributed by atoms with Crippen LogP contribution >= 0.6 is 0 Å². The highest BCUT2D eigenvalue weighted by molar-refractivity contribution is 6.03. The predicted molar refractivity (Wildman–Crippen MR) is 130 cm³/mol. The highest BCUT2D eigenvalue weighted by atomic mass is 19.4. The molecule has 2 N–H and O–H groups in total. The van der Waals surface area contributed by atoms with Gasteiger partial charge in [0.2, 0.25) is 5.89 Å². The van der Waals surface area contributed by atoms with Crippen LogP contribution in [0.2, 0.25) is 0 Å². The average Bonchev–Trinajstić information content (AvgIpc) is 3.41. The van der Waals surface area contributed by atoms with Crippen LogP contribution in [0.1, 0.15) is 39.4 Å². The number of benzene rings is 1. The van der Waals surface area contributed by atoms with Gasteiger partial charge in [-0.1, -0.05) is 0 Å². The van der Waals surface area contributed by atoms with Crippen molar-refractivity contribution in [3.05, 3.63) is 72.0 Å². The molecule has 1 aliphatic carbocycles. The fourth-order valence-electron chi connectivity index (χ4n) is 3.74. The van der Waals surface area contributed by atoms with Crippen LogP contribution < -0.4 is 10.2 Å². The highest BCUT2D eigenvalue weighted by Gasteiger charge is 2.38. The molecule has 3 heterocycles. The summed E-state index contributed by atoms with van der Waals surface area (Å²) in [6.45, 7) is 0.293. The fraction of sp³-hybridized carbons (Fsp3) is 0.200. The molecule has 0 atom stereocenters. The number of carboxylic acid groups (broad SMARTS) is 1. The maximum Gasteiger partial charge on any atom is 0.437 e. The quantitative estimate of drug-likeness (QED) is 0.301. The van der Waals surface area contributed by atoms with E-state index >= 15 is 0 Å². The van der Waals surface area contributed by atoms with Crippen LogP contribution in [-0.2, 0) is 6.18 Å². The van der Waals surface area contributed by atoms with Gasteiger partial charge >= 0.3 is 12.3 Å². The van der Waals surface area contributed by atoms with Crippen LogP contribution in [-0.4, -0.2) is 49.7 Å². The van der Waals surface area contributed by atoms with Crippen molar-refractivity contribution >= 4 is 29.8 Å². The number of halogens is 3. The molecule has 14 heteroatoms. The van der Waals surface area contributed by atoms with E-state index in [1.807, 2.05) is 0 Å². The topological polar surface area (TPSA) is 143 Å². The molecule has 1 saturated carbocycles. The second kappa shape index (κ2) is 10.0. The molecule has 200 valence electrons. The first kappa shape index (κ1) is 25.6. The Morgan fingerprint density at radius 2 is 1.95 bits per heavy atom. The first-order valence-electron chi connectivity index (χ1n) is 11.6. The number of oxazole rings is 1. The zero-order valence-corrected chi connectivity index (χ0v) is 19.9. The molecule has 0 bridgehead atoms. The Morgan fingerprint density at radius 1 is 1.21 bits per heavy atom. The van der Waals surface area contributed by atoms with Gasteiger partial charge in [0, 0.05) is 23.9 Å². The molecule has 0 saturated heterocycles. The van der Waals surface area contributed by atoms with Crippen LogP contribution in [0.15, 0.2) is 59.5 Å². The van der Waals surface area contributed by atoms with Gasteiger partial charge in [-0.25, -0.2) is 19.4 Å². The van der Waals surface area contributed by atoms with Gasteiger partial charge in [-0.2, -0.15) is 18.3 Å². The Morgan fingerprint density at radius 3 is 2.59 bits per heavy atom. The third-order valence-corrected chi connectivity index (χ3v) is 5.90. The summed E-state index contributed by atoms with van der Waals surface area (Å²) in [5, 5.41) is 15.3. The molecule has 0 spiro atoms. The first-order valence-corrected chi connectivity index (χ1v) is 11.6. The number of hydrogen-bond donors (Lipinski definition) is 2. The van der Waals surface area contributed by atoms with Crippen molar-refractivity contribution in [1.29, 1.82) is 0 Å². The van der Waals surface area contributed by atoms with Gasteiger partial charge in [0.05, 0.1) is 17.6 Å². The third-order valence-electron chi connectivity index (χ3n) is 5.90. The smallest absolute Gasteiger partial charge is 0.437 e. The summed E-state index contributed by atoms with van der Waals surface area (Å²) in [7, 11) is 0. The number of hydrogen-bond acceptors (Lipinski definition) is 7. The van der Waals surface area contributed by atoms with Crippen LogP contribution in [0.4, 0.5) is 29.5 Å². The number of rotatable bonds is 8. The Bertz CT molecular complexity index is 1540. The molecule has 2 amide bonds. The van der Waals surface area contributed by atoms with Crippen molar-refractivity contribution in [2.75, 3.05) is 16.8 Å². The number of amides is 2. The van der Waals surface area contributed by atoms with Gasteiger partial charge in [-0.15, -0.1) is 0 Å². The Hall–Kier alpha value is -5.01. The molecule has 39 heavy (non-hydrogen) atoms. The number of carbonyl (C=O) groups is 3. The lowest BCUT2D eigenvalue weighted by atomic mass is 10.2. The van der Waals surface area contributed by atoms with E-state index in [9.17, 15) is 32.7 Å². The first-order chi connectivity index (χ1) is 18.6. The molecule has 11 nitrogen and oxygen atoms in total. The minimum atomic E-state index is -4.88. The van der Waals surface area contributed by atoms with Crippen molar-refractivity contribution in [3.63, 3.8) is 0 Å². The summed E-state index contributed by atoms with van der Waals surface area (Å²) in [6.07, 6.45) is -0.258. The van der Waals surface area contributed by atoms with E-state index in [1.165, 1.54) is 42.6 Å². The molecule has 4 aromatic rings. The summed E-state index contributed by atoms with van der Waals surface area (Å²) in [4.78, 5) is 44.6. The van der Waals surface area contributed by atoms with Crippen molar-refractivity contribution in [2.45, 2.75) is 19.0 Å². The van der Waals surface area contributed by atoms with E-state index in [0.29, 0.717) is 24.0 Å². The monoisotopic (exact) mass is 540 g/mol. The minimum Gasteiger partial charge on any atom is -0.465 e. The number of nitrogens with zero attached hydrogens (tertiary/aromatic N) is 5.